The number of amides is 2. The molecule has 8 nitrogen and oxygen atoms in total. The molecular formula is C17H26N2O6S. The molecule has 9 heteroatoms. The lowest BCUT2D eigenvalue weighted by molar-refractivity contribution is -0.141. The molecule has 0 heterocycles. The summed E-state index contributed by atoms with van der Waals surface area (Å²) in [4.78, 5) is 25.4. The van der Waals surface area contributed by atoms with Crippen LogP contribution in [0.5, 0.6) is 5.75 Å². The number of rotatable bonds is 9. The second-order valence-corrected chi connectivity index (χ2v) is 7.36. The summed E-state index contributed by atoms with van der Waals surface area (Å²) in [6.07, 6.45) is 1.68. The lowest BCUT2D eigenvalue weighted by atomic mass is 10.1. The normalized spacial score (nSPS) is 12.2. The largest absolute Gasteiger partial charge is 0.465 e. The SMILES string of the molecule is CCOC(=O)CNC(=O)N(Cc1cccc(OS(C)(=O)=O)c1)C(C)CC. The Morgan fingerprint density at radius 2 is 1.96 bits per heavy atom. The molecule has 1 aromatic carbocycles. The fourth-order valence-corrected chi connectivity index (χ4v) is 2.63. The van der Waals surface area contributed by atoms with Crippen LogP contribution in [0.2, 0.25) is 0 Å². The van der Waals surface area contributed by atoms with Gasteiger partial charge in [0.1, 0.15) is 12.3 Å². The van der Waals surface area contributed by atoms with Gasteiger partial charge in [-0.15, -0.1) is 0 Å². The van der Waals surface area contributed by atoms with E-state index in [0.717, 1.165) is 6.26 Å². The van der Waals surface area contributed by atoms with Crippen molar-refractivity contribution in [3.8, 4) is 5.75 Å². The summed E-state index contributed by atoms with van der Waals surface area (Å²) in [7, 11) is -3.63. The molecule has 0 aliphatic carbocycles. The summed E-state index contributed by atoms with van der Waals surface area (Å²) >= 11 is 0. The molecule has 0 bridgehead atoms. The predicted octanol–water partition coefficient (Wildman–Crippen LogP) is 1.90. The van der Waals surface area contributed by atoms with Crippen LogP contribution in [-0.2, 0) is 26.2 Å². The Balaban J connectivity index is 2.86. The highest BCUT2D eigenvalue weighted by atomic mass is 32.2. The van der Waals surface area contributed by atoms with Crippen molar-refractivity contribution in [2.45, 2.75) is 39.8 Å². The Kier molecular flexibility index (Phi) is 8.37. The fraction of sp³-hybridized carbons (Fsp3) is 0.529. The van der Waals surface area contributed by atoms with Crippen LogP contribution in [0.15, 0.2) is 24.3 Å². The summed E-state index contributed by atoms with van der Waals surface area (Å²) < 4.78 is 32.2. The van der Waals surface area contributed by atoms with E-state index in [4.69, 9.17) is 8.92 Å². The number of nitrogens with zero attached hydrogens (tertiary/aromatic N) is 1. The van der Waals surface area contributed by atoms with E-state index >= 15 is 0 Å². The first kappa shape index (κ1) is 21.8. The van der Waals surface area contributed by atoms with Gasteiger partial charge in [-0.25, -0.2) is 4.79 Å². The quantitative estimate of drug-likeness (QED) is 0.514. The van der Waals surface area contributed by atoms with E-state index in [0.29, 0.717) is 12.0 Å². The molecule has 1 rings (SSSR count). The highest BCUT2D eigenvalue weighted by molar-refractivity contribution is 7.86. The molecule has 146 valence electrons. The number of nitrogens with one attached hydrogen (secondary N) is 1. The molecule has 0 spiro atoms. The molecule has 0 saturated heterocycles. The molecule has 1 atom stereocenters. The van der Waals surface area contributed by atoms with Crippen molar-refractivity contribution in [3.63, 3.8) is 0 Å². The summed E-state index contributed by atoms with van der Waals surface area (Å²) in [6, 6.07) is 6.02. The van der Waals surface area contributed by atoms with Crippen molar-refractivity contribution < 1.29 is 26.9 Å². The van der Waals surface area contributed by atoms with Crippen molar-refractivity contribution >= 4 is 22.1 Å². The molecule has 1 unspecified atom stereocenters. The zero-order valence-corrected chi connectivity index (χ0v) is 16.3. The molecule has 1 aromatic rings. The van der Waals surface area contributed by atoms with Gasteiger partial charge in [-0.3, -0.25) is 4.79 Å². The van der Waals surface area contributed by atoms with Crippen LogP contribution >= 0.6 is 0 Å². The summed E-state index contributed by atoms with van der Waals surface area (Å²) in [5.74, 6) is -0.325. The molecule has 2 amide bonds. The summed E-state index contributed by atoms with van der Waals surface area (Å²) in [6.45, 7) is 5.80. The number of carbonyl (C=O) groups is 2. The first-order valence-corrected chi connectivity index (χ1v) is 10.2. The van der Waals surface area contributed by atoms with Gasteiger partial charge in [0.15, 0.2) is 0 Å². The number of carbonyl (C=O) groups excluding carboxylic acids is 2. The third-order valence-electron chi connectivity index (χ3n) is 3.57. The van der Waals surface area contributed by atoms with Gasteiger partial charge in [-0.05, 0) is 38.0 Å². The number of benzene rings is 1. The van der Waals surface area contributed by atoms with Gasteiger partial charge in [0.2, 0.25) is 0 Å². The van der Waals surface area contributed by atoms with Crippen LogP contribution in [-0.4, -0.2) is 50.8 Å². The van der Waals surface area contributed by atoms with Crippen molar-refractivity contribution in [3.05, 3.63) is 29.8 Å². The molecule has 1 N–H and O–H groups in total. The highest BCUT2D eigenvalue weighted by Crippen LogP contribution is 2.18. The Morgan fingerprint density at radius 1 is 1.27 bits per heavy atom. The van der Waals surface area contributed by atoms with Gasteiger partial charge < -0.3 is 19.1 Å². The Labute approximate surface area is 154 Å². The Hall–Kier alpha value is -2.29. The van der Waals surface area contributed by atoms with E-state index in [1.165, 1.54) is 6.07 Å². The minimum absolute atomic E-state index is 0.0864. The average Bonchev–Trinajstić information content (AvgIpc) is 2.56. The van der Waals surface area contributed by atoms with Crippen LogP contribution in [0.25, 0.3) is 0 Å². The standard InChI is InChI=1S/C17H26N2O6S/c1-5-13(3)19(17(21)18-11-16(20)24-6-2)12-14-8-7-9-15(10-14)25-26(4,22)23/h7-10,13H,5-6,11-12H2,1-4H3,(H,18,21). The van der Waals surface area contributed by atoms with Gasteiger partial charge >= 0.3 is 22.1 Å². The minimum atomic E-state index is -3.63. The van der Waals surface area contributed by atoms with E-state index < -0.39 is 22.1 Å². The van der Waals surface area contributed by atoms with Crippen LogP contribution in [0.3, 0.4) is 0 Å². The van der Waals surface area contributed by atoms with E-state index in [-0.39, 0.29) is 31.5 Å². The molecule has 0 aliphatic rings. The lowest BCUT2D eigenvalue weighted by Crippen LogP contribution is -2.46. The fourth-order valence-electron chi connectivity index (χ4n) is 2.18. The van der Waals surface area contributed by atoms with Crippen LogP contribution in [0.1, 0.15) is 32.8 Å². The number of esters is 1. The number of urea groups is 1. The van der Waals surface area contributed by atoms with Crippen molar-refractivity contribution in [1.29, 1.82) is 0 Å². The smallest absolute Gasteiger partial charge is 0.325 e. The van der Waals surface area contributed by atoms with Gasteiger partial charge in [0.25, 0.3) is 0 Å². The number of hydrogen-bond donors (Lipinski definition) is 1. The topological polar surface area (TPSA) is 102 Å². The van der Waals surface area contributed by atoms with E-state index in [9.17, 15) is 18.0 Å². The van der Waals surface area contributed by atoms with Crippen molar-refractivity contribution in [2.75, 3.05) is 19.4 Å². The maximum atomic E-state index is 12.5. The molecule has 26 heavy (non-hydrogen) atoms. The molecular weight excluding hydrogens is 360 g/mol. The molecule has 0 aromatic heterocycles. The third-order valence-corrected chi connectivity index (χ3v) is 4.07. The highest BCUT2D eigenvalue weighted by Gasteiger charge is 2.20. The molecule has 0 aliphatic heterocycles. The third kappa shape index (κ3) is 7.73. The van der Waals surface area contributed by atoms with E-state index in [2.05, 4.69) is 5.32 Å². The van der Waals surface area contributed by atoms with E-state index in [1.54, 1.807) is 30.0 Å². The van der Waals surface area contributed by atoms with Gasteiger partial charge in [-0.2, -0.15) is 8.42 Å². The Bertz CT molecular complexity index is 720. The first-order chi connectivity index (χ1) is 12.2. The van der Waals surface area contributed by atoms with Crippen LogP contribution < -0.4 is 9.50 Å². The van der Waals surface area contributed by atoms with Crippen molar-refractivity contribution in [2.24, 2.45) is 0 Å². The lowest BCUT2D eigenvalue weighted by Gasteiger charge is -2.29. The Morgan fingerprint density at radius 3 is 2.54 bits per heavy atom. The second kappa shape index (κ2) is 10.0. The first-order valence-electron chi connectivity index (χ1n) is 8.34. The summed E-state index contributed by atoms with van der Waals surface area (Å²) in [5, 5.41) is 2.54. The minimum Gasteiger partial charge on any atom is -0.465 e. The average molecular weight is 386 g/mol. The zero-order chi connectivity index (χ0) is 19.7. The van der Waals surface area contributed by atoms with Gasteiger partial charge in [0.05, 0.1) is 12.9 Å². The maximum absolute atomic E-state index is 12.5. The second-order valence-electron chi connectivity index (χ2n) is 5.78. The summed E-state index contributed by atoms with van der Waals surface area (Å²) in [5.41, 5.74) is 0.706. The van der Waals surface area contributed by atoms with Gasteiger partial charge in [-0.1, -0.05) is 19.1 Å². The van der Waals surface area contributed by atoms with Crippen LogP contribution in [0.4, 0.5) is 4.79 Å². The number of hydrogen-bond acceptors (Lipinski definition) is 6. The van der Waals surface area contributed by atoms with Gasteiger partial charge in [0, 0.05) is 12.6 Å². The predicted molar refractivity (Wildman–Crippen MR) is 97.2 cm³/mol. The maximum Gasteiger partial charge on any atom is 0.325 e. The monoisotopic (exact) mass is 386 g/mol. The molecule has 0 fully saturated rings. The number of ether oxygens (including phenoxy) is 1. The zero-order valence-electron chi connectivity index (χ0n) is 15.5. The van der Waals surface area contributed by atoms with E-state index in [1.807, 2.05) is 13.8 Å². The molecule has 0 saturated carbocycles. The van der Waals surface area contributed by atoms with Crippen molar-refractivity contribution in [1.82, 2.24) is 10.2 Å². The van der Waals surface area contributed by atoms with Crippen LogP contribution in [0, 0.1) is 0 Å². The molecule has 0 radical (unpaired) electrons.